The summed E-state index contributed by atoms with van der Waals surface area (Å²) < 4.78 is 1.96. The summed E-state index contributed by atoms with van der Waals surface area (Å²) in [7, 11) is 0. The van der Waals surface area contributed by atoms with Crippen molar-refractivity contribution in [3.63, 3.8) is 0 Å². The highest BCUT2D eigenvalue weighted by atomic mass is 79.9. The van der Waals surface area contributed by atoms with Crippen LogP contribution in [0.4, 0.5) is 0 Å². The van der Waals surface area contributed by atoms with E-state index in [0.29, 0.717) is 18.0 Å². The second kappa shape index (κ2) is 6.35. The molecule has 5 heteroatoms. The molecule has 0 aliphatic carbocycles. The van der Waals surface area contributed by atoms with Gasteiger partial charge in [-0.3, -0.25) is 0 Å². The monoisotopic (exact) mass is 288 g/mol. The van der Waals surface area contributed by atoms with Gasteiger partial charge in [-0.05, 0) is 19.8 Å². The van der Waals surface area contributed by atoms with Crippen LogP contribution in [0.15, 0.2) is 6.33 Å². The van der Waals surface area contributed by atoms with Crippen molar-refractivity contribution in [1.82, 2.24) is 20.1 Å². The Labute approximate surface area is 106 Å². The van der Waals surface area contributed by atoms with Crippen LogP contribution in [0.3, 0.4) is 0 Å². The third kappa shape index (κ3) is 3.56. The summed E-state index contributed by atoms with van der Waals surface area (Å²) in [5, 5.41) is 8.67. The molecule has 1 unspecified atom stereocenters. The largest absolute Gasteiger partial charge is 0.306 e. The molecule has 0 radical (unpaired) electrons. The SMILES string of the molecule is CC(C)C(CBr)NCc1ncnn1C(C)C. The minimum absolute atomic E-state index is 0.362. The molecule has 1 aromatic rings. The fourth-order valence-electron chi connectivity index (χ4n) is 1.52. The van der Waals surface area contributed by atoms with E-state index in [-0.39, 0.29) is 0 Å². The Balaban J connectivity index is 2.56. The molecule has 92 valence electrons. The number of hydrogen-bond acceptors (Lipinski definition) is 3. The highest BCUT2D eigenvalue weighted by Crippen LogP contribution is 2.08. The predicted octanol–water partition coefficient (Wildman–Crippen LogP) is 2.37. The number of nitrogens with one attached hydrogen (secondary N) is 1. The van der Waals surface area contributed by atoms with Gasteiger partial charge < -0.3 is 5.32 Å². The molecular formula is C11H21BrN4. The number of alkyl halides is 1. The number of nitrogens with zero attached hydrogens (tertiary/aromatic N) is 3. The Morgan fingerprint density at radius 3 is 2.56 bits per heavy atom. The van der Waals surface area contributed by atoms with Gasteiger partial charge in [0.2, 0.25) is 0 Å². The molecular weight excluding hydrogens is 268 g/mol. The molecule has 16 heavy (non-hydrogen) atoms. The summed E-state index contributed by atoms with van der Waals surface area (Å²) in [5.41, 5.74) is 0. The molecule has 0 spiro atoms. The first-order chi connectivity index (χ1) is 7.56. The van der Waals surface area contributed by atoms with Crippen LogP contribution in [0.1, 0.15) is 39.6 Å². The van der Waals surface area contributed by atoms with Crippen molar-refractivity contribution in [2.45, 2.75) is 46.3 Å². The van der Waals surface area contributed by atoms with Crippen molar-refractivity contribution >= 4 is 15.9 Å². The topological polar surface area (TPSA) is 42.7 Å². The minimum atomic E-state index is 0.362. The van der Waals surface area contributed by atoms with E-state index in [4.69, 9.17) is 0 Å². The first kappa shape index (κ1) is 13.6. The zero-order chi connectivity index (χ0) is 12.1. The van der Waals surface area contributed by atoms with E-state index in [1.807, 2.05) is 4.68 Å². The zero-order valence-corrected chi connectivity index (χ0v) is 12.0. The maximum Gasteiger partial charge on any atom is 0.141 e. The molecule has 0 amide bonds. The van der Waals surface area contributed by atoms with Crippen LogP contribution in [0.25, 0.3) is 0 Å². The Kier molecular flexibility index (Phi) is 5.41. The van der Waals surface area contributed by atoms with E-state index >= 15 is 0 Å². The second-order valence-electron chi connectivity index (χ2n) is 4.60. The van der Waals surface area contributed by atoms with E-state index in [1.54, 1.807) is 6.33 Å². The lowest BCUT2D eigenvalue weighted by Gasteiger charge is -2.20. The molecule has 1 N–H and O–H groups in total. The van der Waals surface area contributed by atoms with Gasteiger partial charge in [-0.2, -0.15) is 5.10 Å². The Morgan fingerprint density at radius 2 is 2.06 bits per heavy atom. The number of rotatable bonds is 6. The predicted molar refractivity (Wildman–Crippen MR) is 69.7 cm³/mol. The van der Waals surface area contributed by atoms with E-state index < -0.39 is 0 Å². The van der Waals surface area contributed by atoms with Crippen molar-refractivity contribution in [1.29, 1.82) is 0 Å². The molecule has 0 aliphatic heterocycles. The number of halogens is 1. The van der Waals surface area contributed by atoms with Crippen LogP contribution >= 0.6 is 15.9 Å². The van der Waals surface area contributed by atoms with Gasteiger partial charge in [0.25, 0.3) is 0 Å². The average Bonchev–Trinajstić information content (AvgIpc) is 2.66. The van der Waals surface area contributed by atoms with Gasteiger partial charge in [-0.25, -0.2) is 9.67 Å². The highest BCUT2D eigenvalue weighted by Gasteiger charge is 2.13. The van der Waals surface area contributed by atoms with Crippen molar-refractivity contribution in [2.75, 3.05) is 5.33 Å². The lowest BCUT2D eigenvalue weighted by molar-refractivity contribution is 0.412. The highest BCUT2D eigenvalue weighted by molar-refractivity contribution is 9.09. The molecule has 0 fully saturated rings. The standard InChI is InChI=1S/C11H21BrN4/c1-8(2)10(5-12)13-6-11-14-7-15-16(11)9(3)4/h7-10,13H,5-6H2,1-4H3. The van der Waals surface area contributed by atoms with Gasteiger partial charge in [0.1, 0.15) is 12.2 Å². The Hall–Kier alpha value is -0.420. The van der Waals surface area contributed by atoms with E-state index in [1.165, 1.54) is 0 Å². The Bertz CT molecular complexity index is 309. The fraction of sp³-hybridized carbons (Fsp3) is 0.818. The van der Waals surface area contributed by atoms with Gasteiger partial charge in [-0.15, -0.1) is 0 Å². The van der Waals surface area contributed by atoms with Gasteiger partial charge in [-0.1, -0.05) is 29.8 Å². The third-order valence-corrected chi connectivity index (χ3v) is 3.33. The maximum atomic E-state index is 4.28. The summed E-state index contributed by atoms with van der Waals surface area (Å²) in [5.74, 6) is 1.61. The fourth-order valence-corrected chi connectivity index (χ4v) is 2.50. The Morgan fingerprint density at radius 1 is 1.38 bits per heavy atom. The lowest BCUT2D eigenvalue weighted by atomic mass is 10.1. The first-order valence-corrected chi connectivity index (χ1v) is 6.86. The third-order valence-electron chi connectivity index (χ3n) is 2.63. The van der Waals surface area contributed by atoms with Crippen LogP contribution < -0.4 is 5.32 Å². The summed E-state index contributed by atoms with van der Waals surface area (Å²) in [6.07, 6.45) is 1.62. The molecule has 1 rings (SSSR count). The molecule has 1 aromatic heterocycles. The van der Waals surface area contributed by atoms with Crippen molar-refractivity contribution in [3.8, 4) is 0 Å². The van der Waals surface area contributed by atoms with E-state index in [0.717, 1.165) is 17.7 Å². The molecule has 1 atom stereocenters. The summed E-state index contributed by atoms with van der Waals surface area (Å²) >= 11 is 3.52. The van der Waals surface area contributed by atoms with Crippen LogP contribution in [0.2, 0.25) is 0 Å². The van der Waals surface area contributed by atoms with Crippen LogP contribution in [0.5, 0.6) is 0 Å². The zero-order valence-electron chi connectivity index (χ0n) is 10.4. The summed E-state index contributed by atoms with van der Waals surface area (Å²) in [4.78, 5) is 4.28. The second-order valence-corrected chi connectivity index (χ2v) is 5.25. The quantitative estimate of drug-likeness (QED) is 0.818. The van der Waals surface area contributed by atoms with Gasteiger partial charge in [0, 0.05) is 17.4 Å². The molecule has 0 saturated heterocycles. The molecule has 0 aromatic carbocycles. The van der Waals surface area contributed by atoms with Crippen LogP contribution in [-0.2, 0) is 6.54 Å². The van der Waals surface area contributed by atoms with E-state index in [9.17, 15) is 0 Å². The molecule has 0 bridgehead atoms. The van der Waals surface area contributed by atoms with Crippen molar-refractivity contribution in [3.05, 3.63) is 12.2 Å². The normalized spacial score (nSPS) is 13.7. The van der Waals surface area contributed by atoms with Gasteiger partial charge in [0.05, 0.1) is 6.54 Å². The molecule has 4 nitrogen and oxygen atoms in total. The van der Waals surface area contributed by atoms with Crippen LogP contribution in [-0.4, -0.2) is 26.1 Å². The van der Waals surface area contributed by atoms with Crippen molar-refractivity contribution in [2.24, 2.45) is 5.92 Å². The average molecular weight is 289 g/mol. The van der Waals surface area contributed by atoms with Crippen molar-refractivity contribution < 1.29 is 0 Å². The molecule has 0 aliphatic rings. The van der Waals surface area contributed by atoms with Gasteiger partial charge >= 0.3 is 0 Å². The smallest absolute Gasteiger partial charge is 0.141 e. The lowest BCUT2D eigenvalue weighted by Crippen LogP contribution is -2.35. The number of aromatic nitrogens is 3. The number of hydrogen-bond donors (Lipinski definition) is 1. The first-order valence-electron chi connectivity index (χ1n) is 5.74. The van der Waals surface area contributed by atoms with Gasteiger partial charge in [0.15, 0.2) is 0 Å². The van der Waals surface area contributed by atoms with Crippen LogP contribution in [0, 0.1) is 5.92 Å². The van der Waals surface area contributed by atoms with E-state index in [2.05, 4.69) is 59.0 Å². The summed E-state index contributed by atoms with van der Waals surface area (Å²) in [6, 6.07) is 0.832. The molecule has 1 heterocycles. The summed E-state index contributed by atoms with van der Waals surface area (Å²) in [6.45, 7) is 9.43. The molecule has 0 saturated carbocycles. The minimum Gasteiger partial charge on any atom is -0.306 e. The maximum absolute atomic E-state index is 4.28.